The van der Waals surface area contributed by atoms with E-state index < -0.39 is 0 Å². The van der Waals surface area contributed by atoms with Crippen molar-refractivity contribution in [2.24, 2.45) is 11.8 Å². The first-order valence-electron chi connectivity index (χ1n) is 8.29. The average molecular weight is 364 g/mol. The Bertz CT molecular complexity index is 412. The Labute approximate surface area is 150 Å². The van der Waals surface area contributed by atoms with E-state index in [-0.39, 0.29) is 55.1 Å². The van der Waals surface area contributed by atoms with Gasteiger partial charge in [0.05, 0.1) is 19.1 Å². The highest BCUT2D eigenvalue weighted by Crippen LogP contribution is 2.12. The molecule has 0 aromatic heterocycles. The maximum Gasteiger partial charge on any atom is 0.310 e. The third-order valence-electron chi connectivity index (χ3n) is 3.86. The second-order valence-electron chi connectivity index (χ2n) is 6.34. The van der Waals surface area contributed by atoms with Gasteiger partial charge in [-0.25, -0.2) is 0 Å². The van der Waals surface area contributed by atoms with Gasteiger partial charge >= 0.3 is 5.97 Å². The highest BCUT2D eigenvalue weighted by atomic mass is 35.5. The Hall–Kier alpha value is -1.34. The van der Waals surface area contributed by atoms with E-state index in [0.29, 0.717) is 18.9 Å². The van der Waals surface area contributed by atoms with Gasteiger partial charge in [0.25, 0.3) is 0 Å². The minimum Gasteiger partial charge on any atom is -0.469 e. The number of amides is 2. The summed E-state index contributed by atoms with van der Waals surface area (Å²) >= 11 is 0. The molecule has 140 valence electrons. The molecule has 0 bridgehead atoms. The Morgan fingerprint density at radius 1 is 1.25 bits per heavy atom. The van der Waals surface area contributed by atoms with Gasteiger partial charge in [-0.05, 0) is 31.7 Å². The summed E-state index contributed by atoms with van der Waals surface area (Å²) < 4.78 is 4.76. The van der Waals surface area contributed by atoms with Crippen LogP contribution in [0.2, 0.25) is 0 Å². The molecule has 0 spiro atoms. The van der Waals surface area contributed by atoms with Crippen LogP contribution in [0.15, 0.2) is 0 Å². The molecule has 0 radical (unpaired) electrons. The molecule has 1 rings (SSSR count). The van der Waals surface area contributed by atoms with E-state index in [1.54, 1.807) is 0 Å². The summed E-state index contributed by atoms with van der Waals surface area (Å²) in [6, 6.07) is -0.132. The van der Waals surface area contributed by atoms with Crippen LogP contribution in [0, 0.1) is 11.8 Å². The first-order valence-corrected chi connectivity index (χ1v) is 8.29. The van der Waals surface area contributed by atoms with Gasteiger partial charge in [-0.2, -0.15) is 0 Å². The minimum atomic E-state index is -0.332. The molecule has 0 aromatic carbocycles. The predicted octanol–water partition coefficient (Wildman–Crippen LogP) is 0.618. The van der Waals surface area contributed by atoms with Crippen molar-refractivity contribution in [1.29, 1.82) is 0 Å². The number of carbonyl (C=O) groups excluding carboxylic acids is 3. The summed E-state index contributed by atoms with van der Waals surface area (Å²) in [6.45, 7) is 5.47. The van der Waals surface area contributed by atoms with Crippen LogP contribution in [0.4, 0.5) is 0 Å². The number of halogens is 1. The first-order chi connectivity index (χ1) is 10.9. The van der Waals surface area contributed by atoms with E-state index >= 15 is 0 Å². The SMILES string of the molecule is COC(=O)C(CNC(=O)CCNC(=O)C1CCCN1)CC(C)C.Cl. The molecule has 7 nitrogen and oxygen atoms in total. The average Bonchev–Trinajstić information content (AvgIpc) is 3.04. The zero-order chi connectivity index (χ0) is 17.2. The molecular weight excluding hydrogens is 334 g/mol. The lowest BCUT2D eigenvalue weighted by Gasteiger charge is -2.17. The molecule has 1 heterocycles. The van der Waals surface area contributed by atoms with Crippen LogP contribution in [0.3, 0.4) is 0 Å². The van der Waals surface area contributed by atoms with Gasteiger partial charge in [-0.1, -0.05) is 13.8 Å². The van der Waals surface area contributed by atoms with Crippen molar-refractivity contribution in [3.8, 4) is 0 Å². The largest absolute Gasteiger partial charge is 0.469 e. The standard InChI is InChI=1S/C16H29N3O4.ClH/c1-11(2)9-12(16(22)23-3)10-19-14(20)6-8-18-15(21)13-5-4-7-17-13;/h11-13,17H,4-10H2,1-3H3,(H,18,21)(H,19,20);1H. The quantitative estimate of drug-likeness (QED) is 0.522. The summed E-state index contributed by atoms with van der Waals surface area (Å²) in [5, 5.41) is 8.60. The molecule has 3 N–H and O–H groups in total. The number of methoxy groups -OCH3 is 1. The second kappa shape index (κ2) is 12.1. The van der Waals surface area contributed by atoms with Crippen molar-refractivity contribution in [2.75, 3.05) is 26.7 Å². The zero-order valence-electron chi connectivity index (χ0n) is 14.7. The van der Waals surface area contributed by atoms with Crippen molar-refractivity contribution >= 4 is 30.2 Å². The Kier molecular flexibility index (Phi) is 11.4. The van der Waals surface area contributed by atoms with Gasteiger partial charge < -0.3 is 20.7 Å². The van der Waals surface area contributed by atoms with E-state index in [0.717, 1.165) is 19.4 Å². The maximum atomic E-state index is 11.8. The molecule has 0 aliphatic carbocycles. The minimum absolute atomic E-state index is 0. The van der Waals surface area contributed by atoms with Crippen LogP contribution in [0.25, 0.3) is 0 Å². The fourth-order valence-electron chi connectivity index (χ4n) is 2.65. The van der Waals surface area contributed by atoms with Crippen molar-refractivity contribution < 1.29 is 19.1 Å². The Morgan fingerprint density at radius 3 is 2.50 bits per heavy atom. The van der Waals surface area contributed by atoms with Crippen LogP contribution < -0.4 is 16.0 Å². The molecule has 2 unspecified atom stereocenters. The van der Waals surface area contributed by atoms with Crippen LogP contribution >= 0.6 is 12.4 Å². The molecule has 2 amide bonds. The van der Waals surface area contributed by atoms with Crippen molar-refractivity contribution in [3.63, 3.8) is 0 Å². The fraction of sp³-hybridized carbons (Fsp3) is 0.812. The third-order valence-corrected chi connectivity index (χ3v) is 3.86. The molecule has 0 saturated carbocycles. The van der Waals surface area contributed by atoms with E-state index in [2.05, 4.69) is 16.0 Å². The summed E-state index contributed by atoms with van der Waals surface area (Å²) in [7, 11) is 1.35. The van der Waals surface area contributed by atoms with Crippen LogP contribution in [0.5, 0.6) is 0 Å². The number of hydrogen-bond acceptors (Lipinski definition) is 5. The molecule has 1 aliphatic rings. The van der Waals surface area contributed by atoms with E-state index in [1.807, 2.05) is 13.8 Å². The maximum absolute atomic E-state index is 11.8. The van der Waals surface area contributed by atoms with E-state index in [1.165, 1.54) is 7.11 Å². The number of ether oxygens (including phenoxy) is 1. The molecule has 8 heteroatoms. The normalized spacial score (nSPS) is 17.8. The number of esters is 1. The number of nitrogens with one attached hydrogen (secondary N) is 3. The van der Waals surface area contributed by atoms with Gasteiger partial charge in [0.15, 0.2) is 0 Å². The van der Waals surface area contributed by atoms with E-state index in [4.69, 9.17) is 4.74 Å². The fourth-order valence-corrected chi connectivity index (χ4v) is 2.65. The van der Waals surface area contributed by atoms with Crippen LogP contribution in [0.1, 0.15) is 39.5 Å². The summed E-state index contributed by atoms with van der Waals surface area (Å²) in [5.74, 6) is -0.528. The van der Waals surface area contributed by atoms with Crippen molar-refractivity contribution in [3.05, 3.63) is 0 Å². The Morgan fingerprint density at radius 2 is 1.96 bits per heavy atom. The van der Waals surface area contributed by atoms with Gasteiger partial charge in [0.2, 0.25) is 11.8 Å². The van der Waals surface area contributed by atoms with Crippen LogP contribution in [-0.4, -0.2) is 50.6 Å². The predicted molar refractivity (Wildman–Crippen MR) is 93.9 cm³/mol. The topological polar surface area (TPSA) is 96.5 Å². The smallest absolute Gasteiger partial charge is 0.310 e. The molecule has 1 saturated heterocycles. The van der Waals surface area contributed by atoms with Gasteiger partial charge in [0.1, 0.15) is 0 Å². The number of rotatable bonds is 9. The van der Waals surface area contributed by atoms with Crippen molar-refractivity contribution in [2.45, 2.75) is 45.6 Å². The molecular formula is C16H30ClN3O4. The van der Waals surface area contributed by atoms with Gasteiger partial charge in [-0.3, -0.25) is 14.4 Å². The van der Waals surface area contributed by atoms with Gasteiger partial charge in [-0.15, -0.1) is 12.4 Å². The third kappa shape index (κ3) is 8.49. The zero-order valence-corrected chi connectivity index (χ0v) is 15.5. The molecule has 1 fully saturated rings. The summed E-state index contributed by atoms with van der Waals surface area (Å²) in [4.78, 5) is 35.3. The molecule has 1 aliphatic heterocycles. The molecule has 2 atom stereocenters. The summed E-state index contributed by atoms with van der Waals surface area (Å²) in [6.07, 6.45) is 2.71. The van der Waals surface area contributed by atoms with Crippen molar-refractivity contribution in [1.82, 2.24) is 16.0 Å². The summed E-state index contributed by atoms with van der Waals surface area (Å²) in [5.41, 5.74) is 0. The number of carbonyl (C=O) groups is 3. The Balaban J connectivity index is 0.00000529. The van der Waals surface area contributed by atoms with Gasteiger partial charge in [0, 0.05) is 19.5 Å². The molecule has 0 aromatic rings. The van der Waals surface area contributed by atoms with E-state index in [9.17, 15) is 14.4 Å². The first kappa shape index (κ1) is 22.7. The number of hydrogen-bond donors (Lipinski definition) is 3. The lowest BCUT2D eigenvalue weighted by Crippen LogP contribution is -2.42. The lowest BCUT2D eigenvalue weighted by molar-refractivity contribution is -0.146. The highest BCUT2D eigenvalue weighted by Gasteiger charge is 2.22. The second-order valence-corrected chi connectivity index (χ2v) is 6.34. The highest BCUT2D eigenvalue weighted by molar-refractivity contribution is 5.85. The monoisotopic (exact) mass is 363 g/mol. The van der Waals surface area contributed by atoms with Crippen LogP contribution in [-0.2, 0) is 19.1 Å². The molecule has 24 heavy (non-hydrogen) atoms. The lowest BCUT2D eigenvalue weighted by atomic mass is 9.97.